The van der Waals surface area contributed by atoms with Crippen LogP contribution in [0.25, 0.3) is 0 Å². The van der Waals surface area contributed by atoms with Gasteiger partial charge in [0.15, 0.2) is 0 Å². The van der Waals surface area contributed by atoms with Gasteiger partial charge >= 0.3 is 29.6 Å². The van der Waals surface area contributed by atoms with Crippen LogP contribution >= 0.6 is 37.2 Å². The van der Waals surface area contributed by atoms with Crippen LogP contribution in [-0.4, -0.2) is 37.3 Å². The van der Waals surface area contributed by atoms with E-state index in [1.807, 2.05) is 24.3 Å². The minimum atomic E-state index is -6.00. The molecule has 427 valence electrons. The van der Waals surface area contributed by atoms with E-state index in [9.17, 15) is 17.3 Å². The van der Waals surface area contributed by atoms with Crippen LogP contribution in [0.3, 0.4) is 0 Å². The van der Waals surface area contributed by atoms with Gasteiger partial charge in [-0.3, -0.25) is 5.90 Å². The molecule has 9 aromatic carbocycles. The van der Waals surface area contributed by atoms with Crippen molar-refractivity contribution in [3.05, 3.63) is 273 Å². The fourth-order valence-electron chi connectivity index (χ4n) is 8.25. The van der Waals surface area contributed by atoms with Gasteiger partial charge in [0, 0.05) is 28.3 Å². The van der Waals surface area contributed by atoms with E-state index in [4.69, 9.17) is 33.3 Å². The van der Waals surface area contributed by atoms with E-state index in [0.717, 1.165) is 23.9 Å². The van der Waals surface area contributed by atoms with E-state index in [0.29, 0.717) is 0 Å². The van der Waals surface area contributed by atoms with Gasteiger partial charge in [-0.05, 0) is 84.9 Å². The Kier molecular flexibility index (Phi) is 33.5. The number of halogens is 4. The summed E-state index contributed by atoms with van der Waals surface area (Å²) in [5.74, 6) is 4.60. The molecule has 0 amide bonds. The molecule has 0 saturated heterocycles. The van der Waals surface area contributed by atoms with Crippen molar-refractivity contribution >= 4 is 116 Å². The summed E-state index contributed by atoms with van der Waals surface area (Å²) in [7, 11) is -6.24. The van der Waals surface area contributed by atoms with Crippen molar-refractivity contribution < 1.29 is 82.2 Å². The summed E-state index contributed by atoms with van der Waals surface area (Å²) in [6.07, 6.45) is 4.95. The molecule has 0 aliphatic heterocycles. The molecule has 80 heavy (non-hydrogen) atoms. The van der Waals surface area contributed by atoms with Crippen LogP contribution in [0.5, 0.6) is 5.75 Å². The van der Waals surface area contributed by atoms with Gasteiger partial charge in [-0.1, -0.05) is 289 Å². The number of hydrogen-bond acceptors (Lipinski definition) is 4. The molecule has 0 spiro atoms. The molecule has 1 fully saturated rings. The largest absolute Gasteiger partial charge is 1.00 e. The van der Waals surface area contributed by atoms with Crippen LogP contribution in [0.2, 0.25) is 0 Å². The molecule has 1 aliphatic carbocycles. The molecule has 1 unspecified atom stereocenters. The van der Waals surface area contributed by atoms with E-state index in [-0.39, 0.29) is 61.8 Å². The first-order valence-electron chi connectivity index (χ1n) is 24.9. The second-order valence-corrected chi connectivity index (χ2v) is 32.1. The van der Waals surface area contributed by atoms with Crippen molar-refractivity contribution in [2.24, 2.45) is 0 Å². The van der Waals surface area contributed by atoms with Gasteiger partial charge in [0.2, 0.25) is 0 Å². The van der Waals surface area contributed by atoms with Crippen molar-refractivity contribution in [3.63, 3.8) is 0 Å². The maximum atomic E-state index is 9.75. The Morgan fingerprint density at radius 1 is 0.463 bits per heavy atom. The molecule has 1 radical (unpaired) electrons. The zero-order valence-corrected chi connectivity index (χ0v) is 54.1. The van der Waals surface area contributed by atoms with Crippen LogP contribution in [-0.2, 0) is 73.3 Å². The van der Waals surface area contributed by atoms with E-state index < -0.39 is 44.4 Å². The van der Waals surface area contributed by atoms with Crippen molar-refractivity contribution in [1.29, 1.82) is 0 Å². The normalized spacial score (nSPS) is 12.5. The molecule has 1 saturated carbocycles. The van der Waals surface area contributed by atoms with Gasteiger partial charge in [0.05, 0.1) is 13.2 Å². The zero-order valence-electron chi connectivity index (χ0n) is 43.7. The Morgan fingerprint density at radius 2 is 0.700 bits per heavy atom. The van der Waals surface area contributed by atoms with Crippen LogP contribution < -0.4 is 52.5 Å². The fourth-order valence-corrected chi connectivity index (χ4v) is 23.0. The Hall–Kier alpha value is -3.35. The number of hydrogen-bond donors (Lipinski definition) is 0. The number of methoxy groups -OCH3 is 1. The van der Waals surface area contributed by atoms with Crippen LogP contribution in [0.15, 0.2) is 267 Å². The number of rotatable bonds is 16. The maximum absolute atomic E-state index is 9.75. The van der Waals surface area contributed by atoms with Gasteiger partial charge in [0.1, 0.15) is 5.75 Å². The summed E-state index contributed by atoms with van der Waals surface area (Å²) in [6.45, 7) is 0. The summed E-state index contributed by atoms with van der Waals surface area (Å²) < 4.78 is 50.1. The average Bonchev–Trinajstić information content (AvgIpc) is 3.98. The maximum Gasteiger partial charge on any atom is 1.00 e. The van der Waals surface area contributed by atoms with Crippen molar-refractivity contribution in [2.75, 3.05) is 13.0 Å². The van der Waals surface area contributed by atoms with Gasteiger partial charge in [-0.15, -0.1) is 0 Å². The summed E-state index contributed by atoms with van der Waals surface area (Å²) in [5, 5.41) is 12.4. The summed E-state index contributed by atoms with van der Waals surface area (Å²) in [5.41, 5.74) is -2.26. The Labute approximate surface area is 517 Å². The molecular formula is C62H63Au2BF4O4P5S2-2. The molecule has 9 aromatic rings. The summed E-state index contributed by atoms with van der Waals surface area (Å²) in [6, 6.07) is 95.4. The summed E-state index contributed by atoms with van der Waals surface area (Å²) in [4.78, 5) is 0. The third-order valence-electron chi connectivity index (χ3n) is 11.9. The van der Waals surface area contributed by atoms with Crippen LogP contribution in [0.4, 0.5) is 17.3 Å². The molecule has 10 rings (SSSR count). The van der Waals surface area contributed by atoms with E-state index in [2.05, 4.69) is 249 Å². The number of benzene rings is 9. The third-order valence-corrected chi connectivity index (χ3v) is 26.4. The Bertz CT molecular complexity index is 2580. The Morgan fingerprint density at radius 3 is 0.938 bits per heavy atom. The Balaban J connectivity index is 0.000000302. The molecule has 4 N–H and O–H groups in total. The quantitative estimate of drug-likeness (QED) is 0.0317. The molecule has 0 heterocycles. The predicted molar refractivity (Wildman–Crippen MR) is 340 cm³/mol. The topological polar surface area (TPSA) is 81.5 Å². The minimum absolute atomic E-state index is 0. The van der Waals surface area contributed by atoms with Gasteiger partial charge in [-0.25, -0.2) is 0 Å². The molecule has 18 heteroatoms. The summed E-state index contributed by atoms with van der Waals surface area (Å²) >= 11 is 11.0. The molecule has 1 atom stereocenters. The zero-order chi connectivity index (χ0) is 53.4. The number of ether oxygens (including phenoxy) is 1. The second-order valence-electron chi connectivity index (χ2n) is 17.2. The molecule has 0 aromatic heterocycles. The van der Waals surface area contributed by atoms with Crippen molar-refractivity contribution in [2.45, 2.75) is 31.8 Å². The SMILES string of the molecule is COc1ccc(P(=S)([S-])OC2CCCC2)cc1.F[B-](F)(F)F.O.O.[Au+].[Au].c1ccc(P(CP(c2ccccc2)c2ccccc2)c2ccccc2)cc1.c1ccc(P([CH-]P(c2ccccc2)c2ccccc2)c2ccccc2)cc1. The van der Waals surface area contributed by atoms with Gasteiger partial charge in [-0.2, -0.15) is 15.8 Å². The molecule has 1 aliphatic rings. The van der Waals surface area contributed by atoms with Crippen LogP contribution in [0.1, 0.15) is 25.7 Å². The van der Waals surface area contributed by atoms with Gasteiger partial charge in [0.25, 0.3) is 0 Å². The average molecular weight is 1570 g/mol. The first kappa shape index (κ1) is 70.9. The third kappa shape index (κ3) is 23.7. The van der Waals surface area contributed by atoms with Gasteiger partial charge < -0.3 is 49.7 Å². The van der Waals surface area contributed by atoms with E-state index in [1.54, 1.807) is 7.11 Å². The first-order valence-corrected chi connectivity index (χ1v) is 34.5. The van der Waals surface area contributed by atoms with Crippen molar-refractivity contribution in [1.82, 2.24) is 0 Å². The first-order chi connectivity index (χ1) is 36.9. The smallest absolute Gasteiger partial charge is 0.715 e. The molecular weight excluding hydrogens is 1510 g/mol. The van der Waals surface area contributed by atoms with E-state index in [1.165, 1.54) is 61.2 Å². The van der Waals surface area contributed by atoms with E-state index >= 15 is 0 Å². The van der Waals surface area contributed by atoms with Crippen LogP contribution in [0, 0.1) is 5.90 Å². The monoisotopic (exact) mass is 1570 g/mol. The molecule has 0 bridgehead atoms. The molecule has 4 nitrogen and oxygen atoms in total. The minimum Gasteiger partial charge on any atom is -0.715 e. The predicted octanol–water partition coefficient (Wildman–Crippen LogP) is 13.4. The van der Waals surface area contributed by atoms with Crippen molar-refractivity contribution in [3.8, 4) is 5.75 Å². The fraction of sp³-hybridized carbons (Fsp3) is 0.113. The second kappa shape index (κ2) is 37.8. The standard InChI is InChI=1S/C25H22P2.C25H21P2.C12H17O2PS2.2Au.BF4.2H2O/c2*1-5-13-22(14-6-1)26(23-15-7-2-8-16-23)21-27(24-17-9-3-10-18-24)25-19-11-4-12-20-25;1-13-10-6-8-12(9-7-10)15(16,17)14-11-4-2-3-5-11;;;2-1(3,4)5;;/h1-20H,21H2;1-21H;6-9,11H,2-5H2,1H3,(H,16,17);;;;2*1H2/q;-1;;;+1;-1;;/p-1.